The first kappa shape index (κ1) is 14.0. The lowest BCUT2D eigenvalue weighted by Crippen LogP contribution is -2.42. The van der Waals surface area contributed by atoms with Crippen molar-refractivity contribution in [3.8, 4) is 0 Å². The summed E-state index contributed by atoms with van der Waals surface area (Å²) in [6, 6.07) is 0. The maximum absolute atomic E-state index is 9.90. The number of anilines is 2. The quantitative estimate of drug-likeness (QED) is 0.777. The van der Waals surface area contributed by atoms with Crippen LogP contribution in [0, 0.1) is 5.92 Å². The van der Waals surface area contributed by atoms with Gasteiger partial charge in [-0.25, -0.2) is 0 Å². The second-order valence-corrected chi connectivity index (χ2v) is 5.37. The maximum Gasteiger partial charge on any atom is 0.229 e. The van der Waals surface area contributed by atoms with Gasteiger partial charge in [-0.3, -0.25) is 4.90 Å². The van der Waals surface area contributed by atoms with Gasteiger partial charge in [0.15, 0.2) is 0 Å². The molecule has 7 heteroatoms. The first-order chi connectivity index (χ1) is 8.95. The molecule has 2 rings (SSSR count). The summed E-state index contributed by atoms with van der Waals surface area (Å²) in [5.41, 5.74) is 5.69. The third-order valence-corrected chi connectivity index (χ3v) is 3.46. The van der Waals surface area contributed by atoms with Gasteiger partial charge in [0, 0.05) is 20.6 Å². The third-order valence-electron chi connectivity index (χ3n) is 3.46. The first-order valence-electron chi connectivity index (χ1n) is 6.54. The van der Waals surface area contributed by atoms with Crippen molar-refractivity contribution in [3.63, 3.8) is 0 Å². The van der Waals surface area contributed by atoms with Crippen molar-refractivity contribution in [2.75, 3.05) is 37.8 Å². The molecule has 0 saturated carbocycles. The molecular formula is C12H22N6O. The van der Waals surface area contributed by atoms with Crippen molar-refractivity contribution in [1.29, 1.82) is 0 Å². The molecule has 1 aromatic heterocycles. The fourth-order valence-corrected chi connectivity index (χ4v) is 2.15. The largest absolute Gasteiger partial charge is 0.392 e. The van der Waals surface area contributed by atoms with Gasteiger partial charge >= 0.3 is 0 Å². The molecule has 106 valence electrons. The molecular weight excluding hydrogens is 244 g/mol. The van der Waals surface area contributed by atoms with Crippen LogP contribution in [0.3, 0.4) is 0 Å². The average molecular weight is 266 g/mol. The van der Waals surface area contributed by atoms with Crippen LogP contribution in [-0.4, -0.2) is 58.2 Å². The minimum absolute atomic E-state index is 0.236. The molecule has 0 radical (unpaired) electrons. The summed E-state index contributed by atoms with van der Waals surface area (Å²) in [7, 11) is 3.73. The number of nitrogen functional groups attached to an aromatic ring is 1. The fraction of sp³-hybridized carbons (Fsp3) is 0.750. The predicted molar refractivity (Wildman–Crippen MR) is 73.6 cm³/mol. The molecule has 7 nitrogen and oxygen atoms in total. The van der Waals surface area contributed by atoms with E-state index in [0.29, 0.717) is 30.8 Å². The number of piperidine rings is 1. The Balaban J connectivity index is 2.07. The van der Waals surface area contributed by atoms with Crippen LogP contribution in [0.25, 0.3) is 0 Å². The van der Waals surface area contributed by atoms with E-state index in [1.165, 1.54) is 0 Å². The molecule has 3 N–H and O–H groups in total. The molecule has 0 bridgehead atoms. The lowest BCUT2D eigenvalue weighted by atomic mass is 9.96. The molecule has 0 aliphatic carbocycles. The van der Waals surface area contributed by atoms with Crippen molar-refractivity contribution in [1.82, 2.24) is 19.9 Å². The van der Waals surface area contributed by atoms with Gasteiger partial charge < -0.3 is 15.7 Å². The van der Waals surface area contributed by atoms with Crippen molar-refractivity contribution < 1.29 is 5.11 Å². The van der Waals surface area contributed by atoms with E-state index in [0.717, 1.165) is 13.0 Å². The van der Waals surface area contributed by atoms with Crippen molar-refractivity contribution in [2.45, 2.75) is 26.0 Å². The van der Waals surface area contributed by atoms with E-state index >= 15 is 0 Å². The minimum Gasteiger partial charge on any atom is -0.392 e. The normalized spacial score (nSPS) is 24.4. The molecule has 2 heterocycles. The number of hydrogen-bond donors (Lipinski definition) is 2. The topological polar surface area (TPSA) is 91.4 Å². The molecule has 2 unspecified atom stereocenters. The number of rotatable bonds is 3. The maximum atomic E-state index is 9.90. The minimum atomic E-state index is -0.277. The van der Waals surface area contributed by atoms with E-state index in [4.69, 9.17) is 5.73 Å². The van der Waals surface area contributed by atoms with Gasteiger partial charge in [-0.15, -0.1) is 0 Å². The Bertz CT molecular complexity index is 438. The number of nitrogens with two attached hydrogens (primary N) is 1. The Hall–Kier alpha value is -1.47. The summed E-state index contributed by atoms with van der Waals surface area (Å²) in [6.07, 6.45) is 0.712. The van der Waals surface area contributed by atoms with Crippen LogP contribution < -0.4 is 10.6 Å². The second kappa shape index (κ2) is 5.66. The number of aromatic nitrogens is 3. The monoisotopic (exact) mass is 266 g/mol. The fourth-order valence-electron chi connectivity index (χ4n) is 2.15. The highest BCUT2D eigenvalue weighted by Gasteiger charge is 2.24. The van der Waals surface area contributed by atoms with Crippen LogP contribution in [0.4, 0.5) is 11.9 Å². The summed E-state index contributed by atoms with van der Waals surface area (Å²) in [6.45, 7) is 4.27. The van der Waals surface area contributed by atoms with Crippen LogP contribution in [0.2, 0.25) is 0 Å². The Kier molecular flexibility index (Phi) is 4.16. The zero-order valence-corrected chi connectivity index (χ0v) is 11.7. The number of hydrogen-bond acceptors (Lipinski definition) is 7. The summed E-state index contributed by atoms with van der Waals surface area (Å²) in [4.78, 5) is 16.6. The van der Waals surface area contributed by atoms with E-state index in [-0.39, 0.29) is 12.1 Å². The van der Waals surface area contributed by atoms with E-state index in [1.54, 1.807) is 4.90 Å². The van der Waals surface area contributed by atoms with Gasteiger partial charge in [0.1, 0.15) is 5.82 Å². The van der Waals surface area contributed by atoms with E-state index in [9.17, 15) is 5.11 Å². The Morgan fingerprint density at radius 3 is 2.74 bits per heavy atom. The average Bonchev–Trinajstić information content (AvgIpc) is 2.33. The Morgan fingerprint density at radius 2 is 2.11 bits per heavy atom. The zero-order valence-electron chi connectivity index (χ0n) is 11.7. The Morgan fingerprint density at radius 1 is 1.37 bits per heavy atom. The number of aliphatic hydroxyl groups is 1. The van der Waals surface area contributed by atoms with E-state index in [2.05, 4.69) is 26.8 Å². The molecule has 1 aliphatic heterocycles. The number of likely N-dealkylation sites (tertiary alicyclic amines) is 1. The van der Waals surface area contributed by atoms with Gasteiger partial charge in [-0.1, -0.05) is 6.92 Å². The van der Waals surface area contributed by atoms with Crippen LogP contribution in [0.1, 0.15) is 19.2 Å². The van der Waals surface area contributed by atoms with Gasteiger partial charge in [-0.05, 0) is 18.9 Å². The highest BCUT2D eigenvalue weighted by Crippen LogP contribution is 2.18. The molecule has 0 spiro atoms. The van der Waals surface area contributed by atoms with Gasteiger partial charge in [0.25, 0.3) is 0 Å². The van der Waals surface area contributed by atoms with Crippen molar-refractivity contribution in [2.24, 2.45) is 5.92 Å². The third kappa shape index (κ3) is 3.51. The standard InChI is InChI=1S/C12H22N6O/c1-8-4-5-18(6-9(8)19)7-10-14-11(13)16-12(15-10)17(2)3/h8-9,19H,4-7H2,1-3H3,(H2,13,14,15,16). The lowest BCUT2D eigenvalue weighted by Gasteiger charge is -2.33. The lowest BCUT2D eigenvalue weighted by molar-refractivity contribution is 0.0249. The van der Waals surface area contributed by atoms with E-state index < -0.39 is 0 Å². The smallest absolute Gasteiger partial charge is 0.229 e. The Labute approximate surface area is 113 Å². The SMILES string of the molecule is CC1CCN(Cc2nc(N)nc(N(C)C)n2)CC1O. The highest BCUT2D eigenvalue weighted by atomic mass is 16.3. The molecule has 2 atom stereocenters. The van der Waals surface area contributed by atoms with Crippen LogP contribution in [0.5, 0.6) is 0 Å². The highest BCUT2D eigenvalue weighted by molar-refractivity contribution is 5.32. The summed E-state index contributed by atoms with van der Waals surface area (Å²) in [5.74, 6) is 1.81. The number of aliphatic hydroxyl groups excluding tert-OH is 1. The van der Waals surface area contributed by atoms with Crippen LogP contribution in [0.15, 0.2) is 0 Å². The summed E-state index contributed by atoms with van der Waals surface area (Å²) in [5, 5.41) is 9.90. The predicted octanol–water partition coefficient (Wildman–Crippen LogP) is -0.277. The molecule has 0 aromatic carbocycles. The number of nitrogens with zero attached hydrogens (tertiary/aromatic N) is 5. The molecule has 1 aromatic rings. The first-order valence-corrected chi connectivity index (χ1v) is 6.54. The van der Waals surface area contributed by atoms with Crippen molar-refractivity contribution in [3.05, 3.63) is 5.82 Å². The zero-order chi connectivity index (χ0) is 14.0. The van der Waals surface area contributed by atoms with Crippen LogP contribution >= 0.6 is 0 Å². The summed E-state index contributed by atoms with van der Waals surface area (Å²) >= 11 is 0. The number of β-amino-alcohol motifs (C(OH)–C–C–N with tert-alkyl or cyclic N) is 1. The molecule has 1 saturated heterocycles. The van der Waals surface area contributed by atoms with E-state index in [1.807, 2.05) is 14.1 Å². The molecule has 1 fully saturated rings. The van der Waals surface area contributed by atoms with Gasteiger partial charge in [0.05, 0.1) is 12.6 Å². The van der Waals surface area contributed by atoms with Crippen molar-refractivity contribution >= 4 is 11.9 Å². The van der Waals surface area contributed by atoms with Crippen LogP contribution in [-0.2, 0) is 6.54 Å². The van der Waals surface area contributed by atoms with Gasteiger partial charge in [-0.2, -0.15) is 15.0 Å². The second-order valence-electron chi connectivity index (χ2n) is 5.37. The summed E-state index contributed by atoms with van der Waals surface area (Å²) < 4.78 is 0. The van der Waals surface area contributed by atoms with Gasteiger partial charge in [0.2, 0.25) is 11.9 Å². The molecule has 1 aliphatic rings. The molecule has 0 amide bonds. The molecule has 19 heavy (non-hydrogen) atoms.